The van der Waals surface area contributed by atoms with Crippen LogP contribution in [0, 0.1) is 23.7 Å². The lowest BCUT2D eigenvalue weighted by molar-refractivity contribution is 0.443. The molecule has 0 aliphatic heterocycles. The van der Waals surface area contributed by atoms with Crippen LogP contribution in [-0.2, 0) is 0 Å². The zero-order valence-electron chi connectivity index (χ0n) is 6.48. The molecule has 3 rings (SSSR count). The summed E-state index contributed by atoms with van der Waals surface area (Å²) in [5.74, 6) is 3.42. The molecule has 0 heterocycles. The predicted octanol–water partition coefficient (Wildman–Crippen LogP) is 2.55. The van der Waals surface area contributed by atoms with Crippen molar-refractivity contribution in [3.05, 3.63) is 36.5 Å². The minimum absolute atomic E-state index is 0.843. The van der Waals surface area contributed by atoms with E-state index >= 15 is 0 Å². The van der Waals surface area contributed by atoms with E-state index < -0.39 is 0 Å². The number of hydrogen-bond acceptors (Lipinski definition) is 0. The molecular weight excluding hydrogens is 132 g/mol. The Morgan fingerprint density at radius 2 is 1.27 bits per heavy atom. The Kier molecular flexibility index (Phi) is 0.993. The van der Waals surface area contributed by atoms with Gasteiger partial charge in [0.15, 0.2) is 0 Å². The van der Waals surface area contributed by atoms with E-state index in [1.807, 2.05) is 0 Å². The fourth-order valence-electron chi connectivity index (χ4n) is 2.83. The Morgan fingerprint density at radius 1 is 0.727 bits per heavy atom. The molecule has 1 saturated carbocycles. The fraction of sp³-hybridized carbons (Fsp3) is 0.455. The molecule has 3 aliphatic rings. The van der Waals surface area contributed by atoms with E-state index in [9.17, 15) is 0 Å². The summed E-state index contributed by atoms with van der Waals surface area (Å²) in [6.07, 6.45) is 15.4. The third-order valence-corrected chi connectivity index (χ3v) is 3.36. The lowest BCUT2D eigenvalue weighted by atomic mass is 9.81. The van der Waals surface area contributed by atoms with Gasteiger partial charge in [-0.1, -0.05) is 36.5 Å². The highest BCUT2D eigenvalue weighted by Crippen LogP contribution is 2.50. The van der Waals surface area contributed by atoms with Crippen molar-refractivity contribution < 1.29 is 0 Å². The highest BCUT2D eigenvalue weighted by Gasteiger charge is 2.41. The Balaban J connectivity index is 2.04. The minimum Gasteiger partial charge on any atom is -0.0845 e. The second-order valence-electron chi connectivity index (χ2n) is 3.87. The zero-order chi connectivity index (χ0) is 7.26. The van der Waals surface area contributed by atoms with Crippen LogP contribution in [0.5, 0.6) is 0 Å². The first kappa shape index (κ1) is 5.82. The molecule has 56 valence electrons. The highest BCUT2D eigenvalue weighted by atomic mass is 14.5. The first-order chi connectivity index (χ1) is 5.45. The van der Waals surface area contributed by atoms with E-state index in [-0.39, 0.29) is 0 Å². The smallest absolute Gasteiger partial charge is 0.00985 e. The summed E-state index contributed by atoms with van der Waals surface area (Å²) in [6.45, 7) is 0. The molecule has 4 unspecified atom stereocenters. The largest absolute Gasteiger partial charge is 0.0845 e. The molecule has 0 aromatic heterocycles. The second-order valence-corrected chi connectivity index (χ2v) is 3.87. The molecule has 0 nitrogen and oxygen atoms in total. The van der Waals surface area contributed by atoms with Crippen molar-refractivity contribution in [3.8, 4) is 0 Å². The molecule has 0 spiro atoms. The molecule has 0 aromatic carbocycles. The predicted molar refractivity (Wildman–Crippen MR) is 46.0 cm³/mol. The molecule has 0 heteroatoms. The van der Waals surface area contributed by atoms with Crippen LogP contribution >= 0.6 is 0 Å². The van der Waals surface area contributed by atoms with E-state index in [1.54, 1.807) is 0 Å². The first-order valence-electron chi connectivity index (χ1n) is 4.48. The second kappa shape index (κ2) is 1.88. The van der Waals surface area contributed by atoms with Gasteiger partial charge in [0.05, 0.1) is 0 Å². The van der Waals surface area contributed by atoms with Gasteiger partial charge in [0, 0.05) is 0 Å². The molecule has 4 atom stereocenters. The molecule has 0 amide bonds. The topological polar surface area (TPSA) is 0 Å². The van der Waals surface area contributed by atoms with Crippen LogP contribution in [0.4, 0.5) is 0 Å². The molecule has 2 bridgehead atoms. The third kappa shape index (κ3) is 0.649. The van der Waals surface area contributed by atoms with Crippen molar-refractivity contribution in [2.24, 2.45) is 23.7 Å². The Morgan fingerprint density at radius 3 is 1.82 bits per heavy atom. The summed E-state index contributed by atoms with van der Waals surface area (Å²) in [5.41, 5.74) is 0. The monoisotopic (exact) mass is 144 g/mol. The van der Waals surface area contributed by atoms with Gasteiger partial charge in [-0.15, -0.1) is 0 Å². The van der Waals surface area contributed by atoms with Gasteiger partial charge in [0.2, 0.25) is 0 Å². The lowest BCUT2D eigenvalue weighted by Gasteiger charge is -2.24. The number of rotatable bonds is 0. The standard InChI is InChI=1S/C11H12/c1-2-4-11-9-6-5-8(7-9)10(11)3-1/h1-6,8-11H,7H2. The quantitative estimate of drug-likeness (QED) is 0.458. The maximum Gasteiger partial charge on any atom is -0.00985 e. The lowest BCUT2D eigenvalue weighted by Crippen LogP contribution is -2.16. The van der Waals surface area contributed by atoms with Crippen LogP contribution in [0.1, 0.15) is 6.42 Å². The molecule has 0 aromatic rings. The Labute approximate surface area is 67.3 Å². The average molecular weight is 144 g/mol. The van der Waals surface area contributed by atoms with Crippen molar-refractivity contribution in [1.82, 2.24) is 0 Å². The van der Waals surface area contributed by atoms with E-state index in [1.165, 1.54) is 6.42 Å². The van der Waals surface area contributed by atoms with Crippen LogP contribution in [-0.4, -0.2) is 0 Å². The van der Waals surface area contributed by atoms with E-state index in [0.717, 1.165) is 23.7 Å². The van der Waals surface area contributed by atoms with Crippen LogP contribution < -0.4 is 0 Å². The fourth-order valence-corrected chi connectivity index (χ4v) is 2.83. The molecular formula is C11H12. The van der Waals surface area contributed by atoms with Gasteiger partial charge in [-0.25, -0.2) is 0 Å². The van der Waals surface area contributed by atoms with Crippen LogP contribution in [0.15, 0.2) is 36.5 Å². The number of allylic oxidation sites excluding steroid dienone is 6. The Hall–Kier alpha value is -0.780. The van der Waals surface area contributed by atoms with Crippen molar-refractivity contribution in [2.75, 3.05) is 0 Å². The SMILES string of the molecule is C1=CC2C3C=CC(C3)C2C=C1. The van der Waals surface area contributed by atoms with Gasteiger partial charge in [-0.3, -0.25) is 0 Å². The average Bonchev–Trinajstić information content (AvgIpc) is 2.64. The summed E-state index contributed by atoms with van der Waals surface area (Å²) in [6, 6.07) is 0. The summed E-state index contributed by atoms with van der Waals surface area (Å²) in [4.78, 5) is 0. The van der Waals surface area contributed by atoms with E-state index in [4.69, 9.17) is 0 Å². The summed E-state index contributed by atoms with van der Waals surface area (Å²) >= 11 is 0. The van der Waals surface area contributed by atoms with Gasteiger partial charge in [-0.05, 0) is 30.1 Å². The van der Waals surface area contributed by atoms with Crippen LogP contribution in [0.3, 0.4) is 0 Å². The van der Waals surface area contributed by atoms with E-state index in [2.05, 4.69) is 36.5 Å². The van der Waals surface area contributed by atoms with Gasteiger partial charge < -0.3 is 0 Å². The summed E-state index contributed by atoms with van der Waals surface area (Å²) < 4.78 is 0. The molecule has 11 heavy (non-hydrogen) atoms. The normalized spacial score (nSPS) is 50.2. The zero-order valence-corrected chi connectivity index (χ0v) is 6.48. The molecule has 1 fully saturated rings. The molecule has 0 N–H and O–H groups in total. The molecule has 0 radical (unpaired) electrons. The molecule has 3 aliphatic carbocycles. The summed E-state index contributed by atoms with van der Waals surface area (Å²) in [7, 11) is 0. The first-order valence-corrected chi connectivity index (χ1v) is 4.48. The maximum atomic E-state index is 2.41. The van der Waals surface area contributed by atoms with Crippen molar-refractivity contribution in [1.29, 1.82) is 0 Å². The third-order valence-electron chi connectivity index (χ3n) is 3.36. The van der Waals surface area contributed by atoms with Gasteiger partial charge in [-0.2, -0.15) is 0 Å². The molecule has 0 saturated heterocycles. The van der Waals surface area contributed by atoms with Gasteiger partial charge in [0.1, 0.15) is 0 Å². The van der Waals surface area contributed by atoms with Crippen molar-refractivity contribution in [2.45, 2.75) is 6.42 Å². The van der Waals surface area contributed by atoms with E-state index in [0.29, 0.717) is 0 Å². The van der Waals surface area contributed by atoms with Crippen LogP contribution in [0.2, 0.25) is 0 Å². The maximum absolute atomic E-state index is 2.41. The summed E-state index contributed by atoms with van der Waals surface area (Å²) in [5, 5.41) is 0. The van der Waals surface area contributed by atoms with Gasteiger partial charge >= 0.3 is 0 Å². The van der Waals surface area contributed by atoms with Gasteiger partial charge in [0.25, 0.3) is 0 Å². The van der Waals surface area contributed by atoms with Crippen molar-refractivity contribution >= 4 is 0 Å². The number of hydrogen-bond donors (Lipinski definition) is 0. The van der Waals surface area contributed by atoms with Crippen LogP contribution in [0.25, 0.3) is 0 Å². The van der Waals surface area contributed by atoms with Crippen molar-refractivity contribution in [3.63, 3.8) is 0 Å². The Bertz CT molecular complexity index is 231. The highest BCUT2D eigenvalue weighted by molar-refractivity contribution is 5.26. The number of fused-ring (bicyclic) bond motifs is 5. The minimum atomic E-state index is 0.843.